The summed E-state index contributed by atoms with van der Waals surface area (Å²) in [7, 11) is 0. The molecule has 0 atom stereocenters. The zero-order chi connectivity index (χ0) is 15.3. The number of benzene rings is 1. The van der Waals surface area contributed by atoms with Crippen LogP contribution in [0.4, 0.5) is 5.69 Å². The fraction of sp³-hybridized carbons (Fsp3) is 0. The van der Waals surface area contributed by atoms with Crippen LogP contribution in [0.3, 0.4) is 0 Å². The smallest absolute Gasteiger partial charge is 0.337 e. The zero-order valence-electron chi connectivity index (χ0n) is 9.61. The van der Waals surface area contributed by atoms with Gasteiger partial charge in [-0.25, -0.2) is 4.79 Å². The topological polar surface area (TPSA) is 121 Å². The van der Waals surface area contributed by atoms with Gasteiger partial charge in [-0.15, -0.1) is 0 Å². The zero-order valence-corrected chi connectivity index (χ0v) is 11.1. The van der Waals surface area contributed by atoms with E-state index in [4.69, 9.17) is 44.1 Å². The molecule has 8 heteroatoms. The average molecular weight is 307 g/mol. The molecule has 6 nitrogen and oxygen atoms in total. The lowest BCUT2D eigenvalue weighted by atomic mass is 10.1. The van der Waals surface area contributed by atoms with Crippen molar-refractivity contribution in [3.05, 3.63) is 39.0 Å². The molecule has 0 aliphatic rings. The van der Waals surface area contributed by atoms with Gasteiger partial charge in [-0.1, -0.05) is 23.2 Å². The molecule has 1 rings (SSSR count). The largest absolute Gasteiger partial charge is 0.478 e. The first-order valence-corrected chi connectivity index (χ1v) is 5.64. The molecule has 1 aromatic rings. The van der Waals surface area contributed by atoms with Crippen LogP contribution in [0.2, 0.25) is 10.0 Å². The second-order valence-corrected chi connectivity index (χ2v) is 4.17. The summed E-state index contributed by atoms with van der Waals surface area (Å²) in [6.07, 6.45) is 0. The molecule has 0 aliphatic heterocycles. The number of carbonyl (C=O) groups is 1. The summed E-state index contributed by atoms with van der Waals surface area (Å²) in [5, 5.41) is 37.8. The number of aromatic carboxylic acids is 1. The number of halogens is 2. The molecule has 2 N–H and O–H groups in total. The van der Waals surface area contributed by atoms with E-state index in [2.05, 4.69) is 5.32 Å². The van der Waals surface area contributed by atoms with Crippen LogP contribution < -0.4 is 5.32 Å². The highest BCUT2D eigenvalue weighted by Crippen LogP contribution is 2.31. The van der Waals surface area contributed by atoms with Gasteiger partial charge in [-0.3, -0.25) is 0 Å². The number of carboxylic acids is 1. The predicted octanol–water partition coefficient (Wildman–Crippen LogP) is 2.93. The highest BCUT2D eigenvalue weighted by molar-refractivity contribution is 6.37. The number of nitriles is 3. The predicted molar refractivity (Wildman–Crippen MR) is 70.9 cm³/mol. The molecule has 20 heavy (non-hydrogen) atoms. The van der Waals surface area contributed by atoms with Gasteiger partial charge in [-0.2, -0.15) is 15.8 Å². The maximum absolute atomic E-state index is 11.1. The first-order chi connectivity index (χ1) is 9.44. The lowest BCUT2D eigenvalue weighted by Crippen LogP contribution is -2.08. The minimum absolute atomic E-state index is 0.0575. The Hall–Kier alpha value is -2.72. The van der Waals surface area contributed by atoms with E-state index in [1.165, 1.54) is 18.2 Å². The molecule has 0 aliphatic carbocycles. The first-order valence-electron chi connectivity index (χ1n) is 4.88. The van der Waals surface area contributed by atoms with Crippen molar-refractivity contribution in [2.75, 3.05) is 5.32 Å². The molecular weight excluding hydrogens is 303 g/mol. The molecule has 0 radical (unpaired) electrons. The SMILES string of the molecule is N#CC(C#N)=C(C#N)Nc1c(Cl)cc(Cl)cc1C(=O)O. The van der Waals surface area contributed by atoms with Crippen molar-refractivity contribution in [3.8, 4) is 18.2 Å². The van der Waals surface area contributed by atoms with Gasteiger partial charge in [0.15, 0.2) is 5.57 Å². The van der Waals surface area contributed by atoms with Crippen LogP contribution in [0.15, 0.2) is 23.4 Å². The molecule has 0 saturated carbocycles. The van der Waals surface area contributed by atoms with Gasteiger partial charge in [0.1, 0.15) is 23.9 Å². The van der Waals surface area contributed by atoms with Gasteiger partial charge >= 0.3 is 5.97 Å². The highest BCUT2D eigenvalue weighted by Gasteiger charge is 2.17. The highest BCUT2D eigenvalue weighted by atomic mass is 35.5. The minimum atomic E-state index is -1.33. The van der Waals surface area contributed by atoms with Crippen LogP contribution in [-0.4, -0.2) is 11.1 Å². The molecular formula is C12H4Cl2N4O2. The number of hydrogen-bond donors (Lipinski definition) is 2. The summed E-state index contributed by atoms with van der Waals surface area (Å²) in [5.41, 5.74) is -1.30. The van der Waals surface area contributed by atoms with E-state index in [-0.39, 0.29) is 21.3 Å². The molecule has 0 unspecified atom stereocenters. The Balaban J connectivity index is 3.48. The van der Waals surface area contributed by atoms with E-state index in [1.54, 1.807) is 6.07 Å². The van der Waals surface area contributed by atoms with Gasteiger partial charge in [0.2, 0.25) is 0 Å². The number of nitrogens with one attached hydrogen (secondary N) is 1. The van der Waals surface area contributed by atoms with Crippen LogP contribution in [0.25, 0.3) is 0 Å². The number of anilines is 1. The van der Waals surface area contributed by atoms with Crippen LogP contribution >= 0.6 is 23.2 Å². The maximum atomic E-state index is 11.1. The molecule has 0 heterocycles. The first kappa shape index (κ1) is 15.3. The fourth-order valence-corrected chi connectivity index (χ4v) is 1.82. The third-order valence-corrected chi connectivity index (χ3v) is 2.64. The van der Waals surface area contributed by atoms with Gasteiger partial charge in [0.05, 0.1) is 16.3 Å². The average Bonchev–Trinajstić information content (AvgIpc) is 2.40. The van der Waals surface area contributed by atoms with Crippen LogP contribution in [0, 0.1) is 34.0 Å². The summed E-state index contributed by atoms with van der Waals surface area (Å²) in [4.78, 5) is 11.1. The summed E-state index contributed by atoms with van der Waals surface area (Å²) >= 11 is 11.6. The number of carboxylic acid groups (broad SMARTS) is 1. The number of hydrogen-bond acceptors (Lipinski definition) is 5. The van der Waals surface area contributed by atoms with Crippen molar-refractivity contribution in [2.24, 2.45) is 0 Å². The summed E-state index contributed by atoms with van der Waals surface area (Å²) in [6.45, 7) is 0. The summed E-state index contributed by atoms with van der Waals surface area (Å²) in [5.74, 6) is -1.33. The van der Waals surface area contributed by atoms with Crippen LogP contribution in [0.5, 0.6) is 0 Å². The van der Waals surface area contributed by atoms with Crippen molar-refractivity contribution in [1.82, 2.24) is 0 Å². The Kier molecular flexibility index (Phi) is 4.94. The van der Waals surface area contributed by atoms with Gasteiger partial charge in [0.25, 0.3) is 0 Å². The number of allylic oxidation sites excluding steroid dienone is 2. The summed E-state index contributed by atoms with van der Waals surface area (Å²) < 4.78 is 0. The molecule has 0 spiro atoms. The van der Waals surface area contributed by atoms with E-state index >= 15 is 0 Å². The molecule has 0 saturated heterocycles. The molecule has 98 valence electrons. The van der Waals surface area contributed by atoms with Crippen molar-refractivity contribution < 1.29 is 9.90 Å². The second kappa shape index (κ2) is 6.45. The van der Waals surface area contributed by atoms with E-state index in [0.717, 1.165) is 6.07 Å². The Morgan fingerprint density at radius 1 is 1.15 bits per heavy atom. The molecule has 0 bridgehead atoms. The Bertz CT molecular complexity index is 720. The van der Waals surface area contributed by atoms with Crippen LogP contribution in [0.1, 0.15) is 10.4 Å². The van der Waals surface area contributed by atoms with Crippen molar-refractivity contribution in [1.29, 1.82) is 15.8 Å². The Morgan fingerprint density at radius 2 is 1.75 bits per heavy atom. The van der Waals surface area contributed by atoms with Gasteiger partial charge in [-0.05, 0) is 12.1 Å². The molecule has 0 amide bonds. The lowest BCUT2D eigenvalue weighted by Gasteiger charge is -2.11. The summed E-state index contributed by atoms with van der Waals surface area (Å²) in [6, 6.07) is 7.04. The third-order valence-electron chi connectivity index (χ3n) is 2.12. The third kappa shape index (κ3) is 3.18. The van der Waals surface area contributed by atoms with Gasteiger partial charge < -0.3 is 10.4 Å². The van der Waals surface area contributed by atoms with Crippen molar-refractivity contribution in [2.45, 2.75) is 0 Å². The van der Waals surface area contributed by atoms with E-state index in [0.29, 0.717) is 0 Å². The Morgan fingerprint density at radius 3 is 2.20 bits per heavy atom. The van der Waals surface area contributed by atoms with E-state index in [1.807, 2.05) is 0 Å². The number of nitrogens with zero attached hydrogens (tertiary/aromatic N) is 3. The van der Waals surface area contributed by atoms with Crippen LogP contribution in [-0.2, 0) is 0 Å². The monoisotopic (exact) mass is 306 g/mol. The normalized spacial score (nSPS) is 8.75. The minimum Gasteiger partial charge on any atom is -0.478 e. The Labute approximate surface area is 123 Å². The second-order valence-electron chi connectivity index (χ2n) is 3.33. The maximum Gasteiger partial charge on any atom is 0.337 e. The van der Waals surface area contributed by atoms with E-state index < -0.39 is 17.2 Å². The molecule has 0 fully saturated rings. The molecule has 0 aromatic heterocycles. The van der Waals surface area contributed by atoms with Crippen molar-refractivity contribution in [3.63, 3.8) is 0 Å². The van der Waals surface area contributed by atoms with Crippen molar-refractivity contribution >= 4 is 34.9 Å². The standard InChI is InChI=1S/C12H4Cl2N4O2/c13-7-1-8(12(19)20)11(9(14)2-7)18-10(5-17)6(3-15)4-16/h1-2,18H,(H,19,20). The lowest BCUT2D eigenvalue weighted by molar-refractivity contribution is 0.0698. The van der Waals surface area contributed by atoms with E-state index in [9.17, 15) is 4.79 Å². The molecule has 1 aromatic carbocycles. The van der Waals surface area contributed by atoms with Gasteiger partial charge in [0, 0.05) is 5.02 Å². The quantitative estimate of drug-likeness (QED) is 0.828. The fourth-order valence-electron chi connectivity index (χ4n) is 1.28. The number of rotatable bonds is 3.